The van der Waals surface area contributed by atoms with E-state index < -0.39 is 0 Å². The van der Waals surface area contributed by atoms with Gasteiger partial charge in [-0.15, -0.1) is 0 Å². The van der Waals surface area contributed by atoms with Gasteiger partial charge in [0.05, 0.1) is 17.0 Å². The summed E-state index contributed by atoms with van der Waals surface area (Å²) in [7, 11) is 0. The van der Waals surface area contributed by atoms with Gasteiger partial charge in [0.25, 0.3) is 0 Å². The number of nitrogens with zero attached hydrogens (tertiary/aromatic N) is 3. The highest BCUT2D eigenvalue weighted by Gasteiger charge is 2.15. The predicted molar refractivity (Wildman–Crippen MR) is 82.1 cm³/mol. The monoisotopic (exact) mass is 299 g/mol. The molecule has 0 aliphatic rings. The smallest absolute Gasteiger partial charge is 0.231 e. The van der Waals surface area contributed by atoms with Crippen LogP contribution in [0.15, 0.2) is 42.7 Å². The first-order valence-corrected chi connectivity index (χ1v) is 6.92. The predicted octanol–water partition coefficient (Wildman–Crippen LogP) is 3.20. The van der Waals surface area contributed by atoms with Gasteiger partial charge in [0.15, 0.2) is 0 Å². The van der Waals surface area contributed by atoms with Crippen molar-refractivity contribution in [3.63, 3.8) is 0 Å². The van der Waals surface area contributed by atoms with Crippen molar-refractivity contribution >= 4 is 23.2 Å². The SMILES string of the molecule is CCN(C(=O)Cc1cccnc1)c1ccc(C#N)c(Cl)c1. The van der Waals surface area contributed by atoms with E-state index in [2.05, 4.69) is 4.98 Å². The molecule has 1 aromatic carbocycles. The third kappa shape index (κ3) is 3.59. The fourth-order valence-electron chi connectivity index (χ4n) is 2.04. The maximum atomic E-state index is 12.4. The summed E-state index contributed by atoms with van der Waals surface area (Å²) < 4.78 is 0. The van der Waals surface area contributed by atoms with E-state index in [1.54, 1.807) is 41.6 Å². The van der Waals surface area contributed by atoms with Crippen LogP contribution in [-0.4, -0.2) is 17.4 Å². The van der Waals surface area contributed by atoms with Crippen molar-refractivity contribution in [1.82, 2.24) is 4.98 Å². The Hall–Kier alpha value is -2.38. The third-order valence-corrected chi connectivity index (χ3v) is 3.39. The first-order valence-electron chi connectivity index (χ1n) is 6.54. The van der Waals surface area contributed by atoms with E-state index in [1.165, 1.54) is 0 Å². The molecule has 1 aromatic heterocycles. The zero-order valence-electron chi connectivity index (χ0n) is 11.6. The van der Waals surface area contributed by atoms with Crippen LogP contribution in [0.1, 0.15) is 18.1 Å². The molecule has 0 radical (unpaired) electrons. The number of aromatic nitrogens is 1. The van der Waals surface area contributed by atoms with Crippen LogP contribution < -0.4 is 4.90 Å². The van der Waals surface area contributed by atoms with E-state index >= 15 is 0 Å². The Morgan fingerprint density at radius 2 is 2.24 bits per heavy atom. The third-order valence-electron chi connectivity index (χ3n) is 3.08. The minimum Gasteiger partial charge on any atom is -0.312 e. The molecule has 0 N–H and O–H groups in total. The van der Waals surface area contributed by atoms with Crippen LogP contribution in [0.2, 0.25) is 5.02 Å². The van der Waals surface area contributed by atoms with Crippen LogP contribution in [0.4, 0.5) is 5.69 Å². The zero-order valence-corrected chi connectivity index (χ0v) is 12.3. The number of amides is 1. The summed E-state index contributed by atoms with van der Waals surface area (Å²) in [5.41, 5.74) is 1.95. The quantitative estimate of drug-likeness (QED) is 0.871. The Morgan fingerprint density at radius 1 is 1.43 bits per heavy atom. The molecule has 1 amide bonds. The van der Waals surface area contributed by atoms with Gasteiger partial charge in [0.1, 0.15) is 6.07 Å². The van der Waals surface area contributed by atoms with Crippen molar-refractivity contribution in [1.29, 1.82) is 5.26 Å². The normalized spacial score (nSPS) is 9.95. The fraction of sp³-hybridized carbons (Fsp3) is 0.188. The number of nitriles is 1. The van der Waals surface area contributed by atoms with Gasteiger partial charge in [-0.2, -0.15) is 5.26 Å². The zero-order chi connectivity index (χ0) is 15.2. The van der Waals surface area contributed by atoms with Crippen molar-refractivity contribution in [2.75, 3.05) is 11.4 Å². The molecule has 0 atom stereocenters. The summed E-state index contributed by atoms with van der Waals surface area (Å²) >= 11 is 6.02. The molecule has 1 heterocycles. The molecule has 0 fully saturated rings. The van der Waals surface area contributed by atoms with Crippen LogP contribution in [-0.2, 0) is 11.2 Å². The molecule has 106 valence electrons. The second-order valence-electron chi connectivity index (χ2n) is 4.45. The minimum absolute atomic E-state index is 0.0359. The Kier molecular flexibility index (Phi) is 4.91. The van der Waals surface area contributed by atoms with Crippen molar-refractivity contribution in [3.05, 3.63) is 58.9 Å². The highest BCUT2D eigenvalue weighted by Crippen LogP contribution is 2.23. The van der Waals surface area contributed by atoms with E-state index in [0.717, 1.165) is 5.56 Å². The molecule has 0 saturated carbocycles. The topological polar surface area (TPSA) is 57.0 Å². The maximum absolute atomic E-state index is 12.4. The molecule has 21 heavy (non-hydrogen) atoms. The number of carbonyl (C=O) groups is 1. The average molecular weight is 300 g/mol. The average Bonchev–Trinajstić information content (AvgIpc) is 2.49. The number of benzene rings is 1. The van der Waals surface area contributed by atoms with Gasteiger partial charge in [-0.05, 0) is 36.8 Å². The number of likely N-dealkylation sites (N-methyl/N-ethyl adjacent to an activating group) is 1. The summed E-state index contributed by atoms with van der Waals surface area (Å²) in [6.07, 6.45) is 3.63. The van der Waals surface area contributed by atoms with Crippen molar-refractivity contribution in [3.8, 4) is 6.07 Å². The molecule has 0 saturated heterocycles. The highest BCUT2D eigenvalue weighted by molar-refractivity contribution is 6.32. The summed E-state index contributed by atoms with van der Waals surface area (Å²) in [5.74, 6) is -0.0359. The maximum Gasteiger partial charge on any atom is 0.231 e. The van der Waals surface area contributed by atoms with Gasteiger partial charge in [0, 0.05) is 24.6 Å². The van der Waals surface area contributed by atoms with Crippen molar-refractivity contribution in [2.45, 2.75) is 13.3 Å². The molecular formula is C16H14ClN3O. The van der Waals surface area contributed by atoms with E-state index in [-0.39, 0.29) is 12.3 Å². The summed E-state index contributed by atoms with van der Waals surface area (Å²) in [6, 6.07) is 10.7. The largest absolute Gasteiger partial charge is 0.312 e. The molecule has 2 aromatic rings. The number of hydrogen-bond acceptors (Lipinski definition) is 3. The molecule has 0 aliphatic heterocycles. The molecule has 0 spiro atoms. The molecule has 0 aliphatic carbocycles. The van der Waals surface area contributed by atoms with Crippen LogP contribution in [0.3, 0.4) is 0 Å². The first-order chi connectivity index (χ1) is 10.2. The Balaban J connectivity index is 2.21. The van der Waals surface area contributed by atoms with E-state index in [1.807, 2.05) is 19.1 Å². The standard InChI is InChI=1S/C16H14ClN3O/c1-2-20(14-6-5-13(10-18)15(17)9-14)16(21)8-12-4-3-7-19-11-12/h3-7,9,11H,2,8H2,1H3. The van der Waals surface area contributed by atoms with Crippen LogP contribution in [0.5, 0.6) is 0 Å². The van der Waals surface area contributed by atoms with Crippen molar-refractivity contribution in [2.24, 2.45) is 0 Å². The summed E-state index contributed by atoms with van der Waals surface area (Å²) in [4.78, 5) is 18.0. The molecule has 2 rings (SSSR count). The summed E-state index contributed by atoms with van der Waals surface area (Å²) in [5, 5.41) is 9.24. The Bertz CT molecular complexity index is 680. The molecule has 0 unspecified atom stereocenters. The van der Waals surface area contributed by atoms with E-state index in [4.69, 9.17) is 16.9 Å². The molecule has 4 nitrogen and oxygen atoms in total. The van der Waals surface area contributed by atoms with E-state index in [0.29, 0.717) is 22.8 Å². The lowest BCUT2D eigenvalue weighted by Crippen LogP contribution is -2.32. The van der Waals surface area contributed by atoms with Gasteiger partial charge < -0.3 is 4.90 Å². The first kappa shape index (κ1) is 15.0. The number of hydrogen-bond donors (Lipinski definition) is 0. The van der Waals surface area contributed by atoms with Gasteiger partial charge in [-0.3, -0.25) is 9.78 Å². The van der Waals surface area contributed by atoms with Crippen LogP contribution in [0.25, 0.3) is 0 Å². The lowest BCUT2D eigenvalue weighted by molar-refractivity contribution is -0.117. The molecule has 5 heteroatoms. The second-order valence-corrected chi connectivity index (χ2v) is 4.86. The number of pyridine rings is 1. The number of anilines is 1. The number of halogens is 1. The molecular weight excluding hydrogens is 286 g/mol. The van der Waals surface area contributed by atoms with Crippen LogP contribution >= 0.6 is 11.6 Å². The second kappa shape index (κ2) is 6.87. The lowest BCUT2D eigenvalue weighted by Gasteiger charge is -2.21. The Labute approximate surface area is 128 Å². The van der Waals surface area contributed by atoms with Crippen LogP contribution in [0, 0.1) is 11.3 Å². The van der Waals surface area contributed by atoms with E-state index in [9.17, 15) is 4.79 Å². The fourth-order valence-corrected chi connectivity index (χ4v) is 2.26. The summed E-state index contributed by atoms with van der Waals surface area (Å²) in [6.45, 7) is 2.43. The molecule has 0 bridgehead atoms. The van der Waals surface area contributed by atoms with Crippen molar-refractivity contribution < 1.29 is 4.79 Å². The van der Waals surface area contributed by atoms with Gasteiger partial charge in [0.2, 0.25) is 5.91 Å². The lowest BCUT2D eigenvalue weighted by atomic mass is 10.1. The minimum atomic E-state index is -0.0359. The highest BCUT2D eigenvalue weighted by atomic mass is 35.5. The van der Waals surface area contributed by atoms with Gasteiger partial charge >= 0.3 is 0 Å². The van der Waals surface area contributed by atoms with Gasteiger partial charge in [-0.25, -0.2) is 0 Å². The number of carbonyl (C=O) groups excluding carboxylic acids is 1. The Morgan fingerprint density at radius 3 is 2.81 bits per heavy atom. The van der Waals surface area contributed by atoms with Gasteiger partial charge in [-0.1, -0.05) is 17.7 Å². The number of rotatable bonds is 4.